The summed E-state index contributed by atoms with van der Waals surface area (Å²) in [5, 5.41) is 4.37. The van der Waals surface area contributed by atoms with Crippen LogP contribution in [-0.2, 0) is 12.2 Å². The molecule has 0 atom stereocenters. The van der Waals surface area contributed by atoms with Gasteiger partial charge in [-0.05, 0) is 37.5 Å². The monoisotopic (exact) mass is 329 g/mol. The maximum absolute atomic E-state index is 4.62. The molecule has 3 rings (SSSR count). The second-order valence-electron chi connectivity index (χ2n) is 5.17. The second kappa shape index (κ2) is 6.67. The van der Waals surface area contributed by atoms with Crippen molar-refractivity contribution < 1.29 is 0 Å². The minimum absolute atomic E-state index is 0.860. The molecule has 0 fully saturated rings. The second-order valence-corrected chi connectivity index (χ2v) is 7.06. The average Bonchev–Trinajstić information content (AvgIpc) is 3.16. The molecule has 114 valence electrons. The standard InChI is InChI=1S/C17H19N3S2/c1-4-16-19-14(10-21-16)11-22-17-18-8-9-20(17)15-7-5-6-12(2)13(15)3/h5-10H,4,11H2,1-3H3. The van der Waals surface area contributed by atoms with Gasteiger partial charge in [-0.3, -0.25) is 4.57 Å². The van der Waals surface area contributed by atoms with Gasteiger partial charge in [0.05, 0.1) is 16.4 Å². The van der Waals surface area contributed by atoms with Crippen molar-refractivity contribution in [2.75, 3.05) is 0 Å². The van der Waals surface area contributed by atoms with E-state index in [1.54, 1.807) is 23.1 Å². The zero-order valence-electron chi connectivity index (χ0n) is 13.0. The number of imidazole rings is 1. The van der Waals surface area contributed by atoms with Gasteiger partial charge in [0.25, 0.3) is 0 Å². The highest BCUT2D eigenvalue weighted by atomic mass is 32.2. The molecule has 0 aliphatic rings. The van der Waals surface area contributed by atoms with Crippen LogP contribution in [0.3, 0.4) is 0 Å². The normalized spacial score (nSPS) is 11.0. The molecule has 0 N–H and O–H groups in total. The highest BCUT2D eigenvalue weighted by Crippen LogP contribution is 2.27. The van der Waals surface area contributed by atoms with Crippen LogP contribution in [0.25, 0.3) is 5.69 Å². The zero-order valence-corrected chi connectivity index (χ0v) is 14.7. The molecule has 2 heterocycles. The minimum Gasteiger partial charge on any atom is -0.295 e. The fourth-order valence-corrected chi connectivity index (χ4v) is 4.00. The lowest BCUT2D eigenvalue weighted by Crippen LogP contribution is -1.99. The molecule has 0 saturated carbocycles. The number of thiazole rings is 1. The Balaban J connectivity index is 1.81. The fraction of sp³-hybridized carbons (Fsp3) is 0.294. The van der Waals surface area contributed by atoms with Gasteiger partial charge in [0.15, 0.2) is 5.16 Å². The Morgan fingerprint density at radius 2 is 2.14 bits per heavy atom. The molecule has 3 nitrogen and oxygen atoms in total. The Morgan fingerprint density at radius 3 is 2.91 bits per heavy atom. The lowest BCUT2D eigenvalue weighted by Gasteiger charge is -2.12. The van der Waals surface area contributed by atoms with Gasteiger partial charge in [0.1, 0.15) is 0 Å². The van der Waals surface area contributed by atoms with Crippen molar-refractivity contribution in [3.8, 4) is 5.69 Å². The summed E-state index contributed by atoms with van der Waals surface area (Å²) in [6, 6.07) is 6.39. The van der Waals surface area contributed by atoms with Gasteiger partial charge in [-0.25, -0.2) is 9.97 Å². The summed E-state index contributed by atoms with van der Waals surface area (Å²) in [6.45, 7) is 6.44. The van der Waals surface area contributed by atoms with Crippen molar-refractivity contribution in [2.24, 2.45) is 0 Å². The van der Waals surface area contributed by atoms with Crippen LogP contribution in [0.1, 0.15) is 28.8 Å². The summed E-state index contributed by atoms with van der Waals surface area (Å²) in [5.74, 6) is 0.860. The Kier molecular flexibility index (Phi) is 4.64. The first-order valence-corrected chi connectivity index (χ1v) is 9.21. The van der Waals surface area contributed by atoms with E-state index in [2.05, 4.69) is 58.9 Å². The SMILES string of the molecule is CCc1nc(CSc2nccn2-c2cccc(C)c2C)cs1. The largest absolute Gasteiger partial charge is 0.295 e. The molecule has 0 unspecified atom stereocenters. The van der Waals surface area contributed by atoms with Gasteiger partial charge in [0, 0.05) is 23.5 Å². The smallest absolute Gasteiger partial charge is 0.172 e. The molecule has 0 aliphatic heterocycles. The zero-order chi connectivity index (χ0) is 15.5. The number of hydrogen-bond donors (Lipinski definition) is 0. The number of rotatable bonds is 5. The predicted octanol–water partition coefficient (Wildman–Crippen LogP) is 4.80. The van der Waals surface area contributed by atoms with E-state index < -0.39 is 0 Å². The van der Waals surface area contributed by atoms with Crippen molar-refractivity contribution in [2.45, 2.75) is 38.1 Å². The van der Waals surface area contributed by atoms with Crippen LogP contribution in [0.2, 0.25) is 0 Å². The summed E-state index contributed by atoms with van der Waals surface area (Å²) >= 11 is 3.48. The molecule has 5 heteroatoms. The fourth-order valence-electron chi connectivity index (χ4n) is 2.29. The highest BCUT2D eigenvalue weighted by Gasteiger charge is 2.10. The number of thioether (sulfide) groups is 1. The highest BCUT2D eigenvalue weighted by molar-refractivity contribution is 7.98. The lowest BCUT2D eigenvalue weighted by molar-refractivity contribution is 0.884. The maximum atomic E-state index is 4.62. The molecule has 0 aliphatic carbocycles. The van der Waals surface area contributed by atoms with E-state index in [0.717, 1.165) is 23.0 Å². The molecule has 3 aromatic rings. The Labute approximate surface area is 139 Å². The van der Waals surface area contributed by atoms with Crippen molar-refractivity contribution in [3.63, 3.8) is 0 Å². The van der Waals surface area contributed by atoms with Crippen molar-refractivity contribution in [1.82, 2.24) is 14.5 Å². The van der Waals surface area contributed by atoms with Gasteiger partial charge in [-0.2, -0.15) is 0 Å². The van der Waals surface area contributed by atoms with Crippen molar-refractivity contribution >= 4 is 23.1 Å². The first kappa shape index (κ1) is 15.3. The molecule has 0 radical (unpaired) electrons. The van der Waals surface area contributed by atoms with Gasteiger partial charge < -0.3 is 0 Å². The van der Waals surface area contributed by atoms with Gasteiger partial charge in [-0.15, -0.1) is 11.3 Å². The van der Waals surface area contributed by atoms with Crippen LogP contribution in [0.5, 0.6) is 0 Å². The van der Waals surface area contributed by atoms with Crippen LogP contribution in [-0.4, -0.2) is 14.5 Å². The Bertz CT molecular complexity index is 774. The molecule has 22 heavy (non-hydrogen) atoms. The predicted molar refractivity (Wildman–Crippen MR) is 94.1 cm³/mol. The maximum Gasteiger partial charge on any atom is 0.172 e. The Hall–Kier alpha value is -1.59. The Morgan fingerprint density at radius 1 is 1.27 bits per heavy atom. The third-order valence-corrected chi connectivity index (χ3v) is 5.74. The average molecular weight is 329 g/mol. The van der Waals surface area contributed by atoms with Crippen LogP contribution in [0.4, 0.5) is 0 Å². The number of aromatic nitrogens is 3. The summed E-state index contributed by atoms with van der Waals surface area (Å²) in [5.41, 5.74) is 4.94. The number of nitrogens with zero attached hydrogens (tertiary/aromatic N) is 3. The number of hydrogen-bond acceptors (Lipinski definition) is 4. The molecular weight excluding hydrogens is 310 g/mol. The van der Waals surface area contributed by atoms with Crippen LogP contribution in [0, 0.1) is 13.8 Å². The van der Waals surface area contributed by atoms with Crippen LogP contribution < -0.4 is 0 Å². The molecule has 1 aromatic carbocycles. The first-order chi connectivity index (χ1) is 10.7. The third kappa shape index (κ3) is 3.10. The minimum atomic E-state index is 0.860. The summed E-state index contributed by atoms with van der Waals surface area (Å²) in [6.07, 6.45) is 4.90. The van der Waals surface area contributed by atoms with Crippen LogP contribution in [0.15, 0.2) is 41.1 Å². The van der Waals surface area contributed by atoms with E-state index in [0.29, 0.717) is 0 Å². The summed E-state index contributed by atoms with van der Waals surface area (Å²) < 4.78 is 2.17. The summed E-state index contributed by atoms with van der Waals surface area (Å²) in [7, 11) is 0. The van der Waals surface area contributed by atoms with Gasteiger partial charge in [-0.1, -0.05) is 30.8 Å². The molecular formula is C17H19N3S2. The van der Waals surface area contributed by atoms with E-state index in [9.17, 15) is 0 Å². The summed E-state index contributed by atoms with van der Waals surface area (Å²) in [4.78, 5) is 9.13. The van der Waals surface area contributed by atoms with E-state index in [4.69, 9.17) is 0 Å². The molecule has 0 bridgehead atoms. The van der Waals surface area contributed by atoms with Gasteiger partial charge >= 0.3 is 0 Å². The van der Waals surface area contributed by atoms with Crippen LogP contribution >= 0.6 is 23.1 Å². The third-order valence-electron chi connectivity index (χ3n) is 3.69. The topological polar surface area (TPSA) is 30.7 Å². The van der Waals surface area contributed by atoms with E-state index in [1.165, 1.54) is 21.8 Å². The molecule has 0 amide bonds. The molecule has 0 saturated heterocycles. The van der Waals surface area contributed by atoms with Crippen molar-refractivity contribution in [3.05, 3.63) is 57.8 Å². The molecule has 0 spiro atoms. The van der Waals surface area contributed by atoms with E-state index in [-0.39, 0.29) is 0 Å². The number of benzene rings is 1. The first-order valence-electron chi connectivity index (χ1n) is 7.35. The molecule has 2 aromatic heterocycles. The quantitative estimate of drug-likeness (QED) is 0.630. The lowest BCUT2D eigenvalue weighted by atomic mass is 10.1. The van der Waals surface area contributed by atoms with Crippen molar-refractivity contribution in [1.29, 1.82) is 0 Å². The number of aryl methyl sites for hydroxylation is 2. The van der Waals surface area contributed by atoms with Gasteiger partial charge in [0.2, 0.25) is 0 Å². The van der Waals surface area contributed by atoms with E-state index >= 15 is 0 Å². The van der Waals surface area contributed by atoms with E-state index in [1.807, 2.05) is 12.4 Å².